The zero-order chi connectivity index (χ0) is 15.5. The second-order valence-corrected chi connectivity index (χ2v) is 5.20. The van der Waals surface area contributed by atoms with E-state index in [1.54, 1.807) is 36.8 Å². The maximum absolute atomic E-state index is 12.3. The van der Waals surface area contributed by atoms with Gasteiger partial charge in [-0.05, 0) is 37.1 Å². The van der Waals surface area contributed by atoms with Crippen LogP contribution in [0.15, 0.2) is 62.6 Å². The van der Waals surface area contributed by atoms with Gasteiger partial charge >= 0.3 is 5.63 Å². The minimum absolute atomic E-state index is 0.0118. The smallest absolute Gasteiger partial charge is 0.349 e. The Bertz CT molecular complexity index is 848. The topological polar surface area (TPSA) is 72.5 Å². The van der Waals surface area contributed by atoms with Gasteiger partial charge in [-0.3, -0.25) is 4.79 Å². The quantitative estimate of drug-likeness (QED) is 0.752. The predicted octanol–water partition coefficient (Wildman–Crippen LogP) is 2.75. The lowest BCUT2D eigenvalue weighted by atomic mass is 10.1. The number of hydrogen-bond acceptors (Lipinski definition) is 4. The van der Waals surface area contributed by atoms with Crippen LogP contribution in [-0.2, 0) is 6.42 Å². The maximum Gasteiger partial charge on any atom is 0.349 e. The van der Waals surface area contributed by atoms with Gasteiger partial charge < -0.3 is 14.2 Å². The van der Waals surface area contributed by atoms with Crippen LogP contribution in [0.5, 0.6) is 0 Å². The Kier molecular flexibility index (Phi) is 3.78. The van der Waals surface area contributed by atoms with E-state index in [9.17, 15) is 9.59 Å². The van der Waals surface area contributed by atoms with E-state index in [-0.39, 0.29) is 11.6 Å². The highest BCUT2D eigenvalue weighted by Crippen LogP contribution is 2.13. The Labute approximate surface area is 126 Å². The molecule has 0 aliphatic rings. The predicted molar refractivity (Wildman–Crippen MR) is 81.8 cm³/mol. The van der Waals surface area contributed by atoms with E-state index in [4.69, 9.17) is 8.83 Å². The first-order chi connectivity index (χ1) is 10.6. The molecule has 0 spiro atoms. The summed E-state index contributed by atoms with van der Waals surface area (Å²) in [6, 6.07) is 10.4. The molecule has 0 aliphatic carbocycles. The molecule has 1 amide bonds. The molecule has 22 heavy (non-hydrogen) atoms. The van der Waals surface area contributed by atoms with Crippen LogP contribution in [0.25, 0.3) is 11.0 Å². The van der Waals surface area contributed by atoms with E-state index >= 15 is 0 Å². The Morgan fingerprint density at radius 2 is 2.09 bits per heavy atom. The average Bonchev–Trinajstić information content (AvgIpc) is 2.99. The molecule has 1 aromatic carbocycles. The summed E-state index contributed by atoms with van der Waals surface area (Å²) in [7, 11) is 0. The third-order valence-corrected chi connectivity index (χ3v) is 3.39. The molecule has 5 heteroatoms. The first-order valence-electron chi connectivity index (χ1n) is 6.98. The van der Waals surface area contributed by atoms with Gasteiger partial charge in [0.2, 0.25) is 0 Å². The second kappa shape index (κ2) is 5.89. The molecule has 112 valence electrons. The molecule has 0 bridgehead atoms. The fourth-order valence-electron chi connectivity index (χ4n) is 2.34. The lowest BCUT2D eigenvalue weighted by molar-refractivity contribution is 0.0936. The summed E-state index contributed by atoms with van der Waals surface area (Å²) in [6.45, 7) is 1.87. The van der Waals surface area contributed by atoms with Crippen molar-refractivity contribution in [2.45, 2.75) is 19.4 Å². The molecule has 3 aromatic rings. The number of carbonyl (C=O) groups is 1. The van der Waals surface area contributed by atoms with E-state index < -0.39 is 11.5 Å². The van der Waals surface area contributed by atoms with Crippen LogP contribution in [0.3, 0.4) is 0 Å². The Balaban J connectivity index is 1.79. The zero-order valence-electron chi connectivity index (χ0n) is 12.0. The Morgan fingerprint density at radius 3 is 2.86 bits per heavy atom. The summed E-state index contributed by atoms with van der Waals surface area (Å²) in [5.41, 5.74) is 0.832. The number of carbonyl (C=O) groups excluding carboxylic acids is 1. The van der Waals surface area contributed by atoms with Gasteiger partial charge in [0.05, 0.1) is 12.5 Å². The van der Waals surface area contributed by atoms with Gasteiger partial charge in [-0.15, -0.1) is 0 Å². The third kappa shape index (κ3) is 2.93. The molecule has 0 aliphatic heterocycles. The lowest BCUT2D eigenvalue weighted by Crippen LogP contribution is -2.36. The van der Waals surface area contributed by atoms with Gasteiger partial charge in [0, 0.05) is 11.4 Å². The first-order valence-corrected chi connectivity index (χ1v) is 6.98. The molecule has 0 saturated heterocycles. The number of nitrogens with one attached hydrogen (secondary N) is 1. The zero-order valence-corrected chi connectivity index (χ0v) is 12.0. The van der Waals surface area contributed by atoms with Crippen LogP contribution in [0.2, 0.25) is 0 Å². The second-order valence-electron chi connectivity index (χ2n) is 5.20. The minimum atomic E-state index is -0.633. The lowest BCUT2D eigenvalue weighted by Gasteiger charge is -2.12. The van der Waals surface area contributed by atoms with Crippen molar-refractivity contribution in [2.75, 3.05) is 0 Å². The van der Waals surface area contributed by atoms with Crippen molar-refractivity contribution in [3.63, 3.8) is 0 Å². The molecule has 0 fully saturated rings. The molecule has 1 atom stereocenters. The molecular weight excluding hydrogens is 282 g/mol. The van der Waals surface area contributed by atoms with Crippen molar-refractivity contribution in [2.24, 2.45) is 0 Å². The van der Waals surface area contributed by atoms with Crippen LogP contribution in [0.1, 0.15) is 22.8 Å². The molecule has 0 saturated carbocycles. The highest BCUT2D eigenvalue weighted by molar-refractivity contribution is 5.96. The number of furan rings is 1. The van der Waals surface area contributed by atoms with Crippen LogP contribution < -0.4 is 10.9 Å². The van der Waals surface area contributed by atoms with Gasteiger partial charge in [-0.2, -0.15) is 0 Å². The monoisotopic (exact) mass is 297 g/mol. The summed E-state index contributed by atoms with van der Waals surface area (Å²) >= 11 is 0. The standard InChI is InChI=1S/C17H15NO4/c1-11(8-12-6-7-21-10-12)18-16(19)14-9-13-4-2-3-5-15(13)22-17(14)20/h2-7,9-11H,8H2,1H3,(H,18,19)/t11-/m1/s1. The van der Waals surface area contributed by atoms with E-state index in [2.05, 4.69) is 5.32 Å². The van der Waals surface area contributed by atoms with E-state index in [0.717, 1.165) is 10.9 Å². The van der Waals surface area contributed by atoms with Gasteiger partial charge in [0.15, 0.2) is 0 Å². The summed E-state index contributed by atoms with van der Waals surface area (Å²) < 4.78 is 10.2. The van der Waals surface area contributed by atoms with Gasteiger partial charge in [-0.1, -0.05) is 18.2 Å². The van der Waals surface area contributed by atoms with Crippen molar-refractivity contribution in [3.05, 3.63) is 70.5 Å². The number of amides is 1. The van der Waals surface area contributed by atoms with E-state index in [0.29, 0.717) is 12.0 Å². The van der Waals surface area contributed by atoms with E-state index in [1.165, 1.54) is 0 Å². The molecule has 1 N–H and O–H groups in total. The maximum atomic E-state index is 12.3. The molecule has 3 rings (SSSR count). The largest absolute Gasteiger partial charge is 0.472 e. The normalized spacial score (nSPS) is 12.2. The molecule has 0 radical (unpaired) electrons. The van der Waals surface area contributed by atoms with Gasteiger partial charge in [-0.25, -0.2) is 4.79 Å². The van der Waals surface area contributed by atoms with Crippen LogP contribution in [0.4, 0.5) is 0 Å². The fourth-order valence-corrected chi connectivity index (χ4v) is 2.34. The van der Waals surface area contributed by atoms with Gasteiger partial charge in [0.1, 0.15) is 11.1 Å². The number of rotatable bonds is 4. The summed E-state index contributed by atoms with van der Waals surface area (Å²) in [5, 5.41) is 3.52. The Hall–Kier alpha value is -2.82. The van der Waals surface area contributed by atoms with E-state index in [1.807, 2.05) is 19.1 Å². The highest BCUT2D eigenvalue weighted by Gasteiger charge is 2.16. The number of hydrogen-bond donors (Lipinski definition) is 1. The summed E-state index contributed by atoms with van der Waals surface area (Å²) in [4.78, 5) is 24.2. The number of para-hydroxylation sites is 1. The van der Waals surface area contributed by atoms with Crippen molar-refractivity contribution >= 4 is 16.9 Å². The third-order valence-electron chi connectivity index (χ3n) is 3.39. The van der Waals surface area contributed by atoms with Crippen LogP contribution >= 0.6 is 0 Å². The molecule has 5 nitrogen and oxygen atoms in total. The fraction of sp³-hybridized carbons (Fsp3) is 0.176. The van der Waals surface area contributed by atoms with Crippen LogP contribution in [0, 0.1) is 0 Å². The minimum Gasteiger partial charge on any atom is -0.472 e. The number of fused-ring (bicyclic) bond motifs is 1. The molecule has 0 unspecified atom stereocenters. The Morgan fingerprint density at radius 1 is 1.27 bits per heavy atom. The van der Waals surface area contributed by atoms with Crippen molar-refractivity contribution in [3.8, 4) is 0 Å². The molecule has 2 aromatic heterocycles. The van der Waals surface area contributed by atoms with Crippen molar-refractivity contribution in [1.29, 1.82) is 0 Å². The number of benzene rings is 1. The summed E-state index contributed by atoms with van der Waals surface area (Å²) in [6.07, 6.45) is 3.84. The van der Waals surface area contributed by atoms with Crippen molar-refractivity contribution < 1.29 is 13.6 Å². The molecular formula is C17H15NO4. The first kappa shape index (κ1) is 14.1. The molecule has 2 heterocycles. The summed E-state index contributed by atoms with van der Waals surface area (Å²) in [5.74, 6) is -0.435. The SMILES string of the molecule is C[C@H](Cc1ccoc1)NC(=O)c1cc2ccccc2oc1=O. The van der Waals surface area contributed by atoms with Crippen LogP contribution in [-0.4, -0.2) is 11.9 Å². The van der Waals surface area contributed by atoms with Crippen molar-refractivity contribution in [1.82, 2.24) is 5.32 Å². The highest BCUT2D eigenvalue weighted by atomic mass is 16.4. The average molecular weight is 297 g/mol. The van der Waals surface area contributed by atoms with Gasteiger partial charge in [0.25, 0.3) is 5.91 Å².